The molecule has 0 N–H and O–H groups in total. The van der Waals surface area contributed by atoms with Gasteiger partial charge in [0, 0.05) is 6.04 Å². The van der Waals surface area contributed by atoms with Crippen molar-refractivity contribution in [2.24, 2.45) is 0 Å². The Bertz CT molecular complexity index is 338. The third-order valence-corrected chi connectivity index (χ3v) is 4.62. The van der Waals surface area contributed by atoms with Crippen molar-refractivity contribution in [2.75, 3.05) is 14.1 Å². The Morgan fingerprint density at radius 2 is 1.27 bits per heavy atom. The fourth-order valence-corrected chi connectivity index (χ4v) is 3.53. The molecule has 1 nitrogen and oxygen atoms in total. The van der Waals surface area contributed by atoms with E-state index in [1.807, 2.05) is 0 Å². The summed E-state index contributed by atoms with van der Waals surface area (Å²) in [5, 5.41) is 0. The van der Waals surface area contributed by atoms with Crippen molar-refractivity contribution in [3.63, 3.8) is 0 Å². The van der Waals surface area contributed by atoms with Crippen LogP contribution in [0.4, 0.5) is 0 Å². The summed E-state index contributed by atoms with van der Waals surface area (Å²) in [5.41, 5.74) is 1.52. The average Bonchev–Trinajstić information content (AvgIpc) is 3.14. The van der Waals surface area contributed by atoms with Crippen LogP contribution in [-0.2, 0) is 17.1 Å². The molecule has 0 saturated heterocycles. The first-order chi connectivity index (χ1) is 9.29. The van der Waals surface area contributed by atoms with E-state index in [9.17, 15) is 0 Å². The molecule has 22 heavy (non-hydrogen) atoms. The second-order valence-electron chi connectivity index (χ2n) is 6.25. The van der Waals surface area contributed by atoms with Crippen LogP contribution in [0.15, 0.2) is 30.3 Å². The number of hydrogen-bond acceptors (Lipinski definition) is 1. The largest absolute Gasteiger partial charge is 2.00 e. The number of rotatable bonds is 2. The first-order valence-corrected chi connectivity index (χ1v) is 8.00. The summed E-state index contributed by atoms with van der Waals surface area (Å²) >= 11 is 0. The maximum Gasteiger partial charge on any atom is 2.00 e. The van der Waals surface area contributed by atoms with E-state index < -0.39 is 0 Å². The van der Waals surface area contributed by atoms with Crippen LogP contribution in [0.3, 0.4) is 0 Å². The molecule has 128 valence electrons. The standard InChI is InChI=1S/C13H19N.C5H10.2CH3.Fe/c1-14(2)13-10-6-9-12(13)11-7-4-3-5-8-11;1-2-4-5-3-1;;;/h3-5,7-8,12-13H,6,9-10H2,1-2H3;1-5H2;2*1H3;/q;;2*-1;+2. The van der Waals surface area contributed by atoms with E-state index in [0.29, 0.717) is 0 Å². The van der Waals surface area contributed by atoms with Gasteiger partial charge >= 0.3 is 17.1 Å². The van der Waals surface area contributed by atoms with Gasteiger partial charge in [0.2, 0.25) is 0 Å². The van der Waals surface area contributed by atoms with E-state index in [0.717, 1.165) is 12.0 Å². The molecule has 2 atom stereocenters. The van der Waals surface area contributed by atoms with E-state index >= 15 is 0 Å². The molecule has 2 heteroatoms. The minimum atomic E-state index is 0. The Labute approximate surface area is 150 Å². The molecule has 0 aromatic heterocycles. The van der Waals surface area contributed by atoms with Gasteiger partial charge in [-0.3, -0.25) is 0 Å². The molecule has 0 radical (unpaired) electrons. The topological polar surface area (TPSA) is 3.24 Å². The molecule has 0 heterocycles. The van der Waals surface area contributed by atoms with E-state index in [1.165, 1.54) is 56.9 Å². The molecular weight excluding hydrogens is 310 g/mol. The van der Waals surface area contributed by atoms with Crippen LogP contribution in [0.25, 0.3) is 0 Å². The Hall–Kier alpha value is -0.301. The fraction of sp³-hybridized carbons (Fsp3) is 0.600. The van der Waals surface area contributed by atoms with E-state index in [1.54, 1.807) is 0 Å². The van der Waals surface area contributed by atoms with Crippen molar-refractivity contribution in [3.05, 3.63) is 50.7 Å². The Kier molecular flexibility index (Phi) is 14.3. The molecule has 1 aromatic carbocycles. The fourth-order valence-electron chi connectivity index (χ4n) is 3.53. The number of nitrogens with zero attached hydrogens (tertiary/aromatic N) is 1. The summed E-state index contributed by atoms with van der Waals surface area (Å²) in [6.45, 7) is 0. The van der Waals surface area contributed by atoms with Crippen molar-refractivity contribution in [1.29, 1.82) is 0 Å². The quantitative estimate of drug-likeness (QED) is 0.488. The van der Waals surface area contributed by atoms with Gasteiger partial charge < -0.3 is 19.8 Å². The van der Waals surface area contributed by atoms with Gasteiger partial charge in [0.05, 0.1) is 0 Å². The van der Waals surface area contributed by atoms with Crippen LogP contribution in [0.1, 0.15) is 62.8 Å². The maximum absolute atomic E-state index is 2.38. The molecule has 0 spiro atoms. The summed E-state index contributed by atoms with van der Waals surface area (Å²) in [6.07, 6.45) is 11.6. The van der Waals surface area contributed by atoms with Gasteiger partial charge in [0.1, 0.15) is 0 Å². The second kappa shape index (κ2) is 13.2. The summed E-state index contributed by atoms with van der Waals surface area (Å²) in [7, 11) is 4.40. The Morgan fingerprint density at radius 1 is 0.773 bits per heavy atom. The van der Waals surface area contributed by atoms with Crippen molar-refractivity contribution in [2.45, 2.75) is 63.3 Å². The van der Waals surface area contributed by atoms with Crippen LogP contribution in [0, 0.1) is 14.9 Å². The van der Waals surface area contributed by atoms with Gasteiger partial charge in [-0.1, -0.05) is 68.9 Å². The third-order valence-electron chi connectivity index (χ3n) is 4.62. The summed E-state index contributed by atoms with van der Waals surface area (Å²) < 4.78 is 0. The molecule has 0 aliphatic heterocycles. The normalized spacial score (nSPS) is 22.7. The third kappa shape index (κ3) is 7.31. The molecule has 0 amide bonds. The van der Waals surface area contributed by atoms with E-state index in [4.69, 9.17) is 0 Å². The van der Waals surface area contributed by atoms with E-state index in [-0.39, 0.29) is 31.9 Å². The SMILES string of the molecule is C1CCCC1.CN(C)C1CCCC1c1ccccc1.[CH3-].[CH3-].[Fe+2]. The van der Waals surface area contributed by atoms with Gasteiger partial charge in [-0.2, -0.15) is 0 Å². The first kappa shape index (κ1) is 24.0. The minimum Gasteiger partial charge on any atom is -0.358 e. The van der Waals surface area contributed by atoms with Crippen LogP contribution >= 0.6 is 0 Å². The Balaban J connectivity index is 0. The van der Waals surface area contributed by atoms with Crippen molar-refractivity contribution < 1.29 is 17.1 Å². The molecule has 2 fully saturated rings. The van der Waals surface area contributed by atoms with Gasteiger partial charge in [-0.25, -0.2) is 0 Å². The summed E-state index contributed by atoms with van der Waals surface area (Å²) in [6, 6.07) is 11.7. The Morgan fingerprint density at radius 3 is 1.73 bits per heavy atom. The summed E-state index contributed by atoms with van der Waals surface area (Å²) in [4.78, 5) is 2.38. The molecule has 2 saturated carbocycles. The molecule has 2 aliphatic carbocycles. The minimum absolute atomic E-state index is 0. The monoisotopic (exact) mass is 345 g/mol. The van der Waals surface area contributed by atoms with Gasteiger partial charge in [0.15, 0.2) is 0 Å². The molecule has 3 rings (SSSR count). The maximum atomic E-state index is 2.38. The average molecular weight is 345 g/mol. The predicted octanol–water partition coefficient (Wildman–Crippen LogP) is 5.73. The zero-order valence-electron chi connectivity index (χ0n) is 15.0. The van der Waals surface area contributed by atoms with Crippen molar-refractivity contribution in [3.8, 4) is 0 Å². The van der Waals surface area contributed by atoms with Crippen LogP contribution in [-0.4, -0.2) is 25.0 Å². The smallest absolute Gasteiger partial charge is 0.358 e. The number of likely N-dealkylation sites (N-methyl/N-ethyl adjacent to an activating group) is 1. The number of hydrogen-bond donors (Lipinski definition) is 0. The molecule has 2 aliphatic rings. The zero-order chi connectivity index (χ0) is 13.5. The van der Waals surface area contributed by atoms with Crippen molar-refractivity contribution >= 4 is 0 Å². The van der Waals surface area contributed by atoms with Crippen molar-refractivity contribution in [1.82, 2.24) is 4.90 Å². The number of benzene rings is 1. The summed E-state index contributed by atoms with van der Waals surface area (Å²) in [5.74, 6) is 0.756. The van der Waals surface area contributed by atoms with E-state index in [2.05, 4.69) is 49.3 Å². The predicted molar refractivity (Wildman–Crippen MR) is 96.4 cm³/mol. The molecule has 0 bridgehead atoms. The van der Waals surface area contributed by atoms with Crippen LogP contribution in [0.2, 0.25) is 0 Å². The zero-order valence-corrected chi connectivity index (χ0v) is 16.1. The van der Waals surface area contributed by atoms with Gasteiger partial charge in [0.25, 0.3) is 0 Å². The van der Waals surface area contributed by atoms with Gasteiger partial charge in [-0.15, -0.1) is 0 Å². The van der Waals surface area contributed by atoms with Crippen LogP contribution < -0.4 is 0 Å². The molecule has 2 unspecified atom stereocenters. The second-order valence-corrected chi connectivity index (χ2v) is 6.25. The molecule has 1 aromatic rings. The van der Waals surface area contributed by atoms with Gasteiger partial charge in [-0.05, 0) is 38.4 Å². The van der Waals surface area contributed by atoms with Crippen LogP contribution in [0.5, 0.6) is 0 Å². The molecular formula is C20H35FeN. The first-order valence-electron chi connectivity index (χ1n) is 8.00.